The maximum Gasteiger partial charge on any atom is 0.194 e. The SMILES string of the molecule is CC(C)(C)c1nc2cncnn2n1. The van der Waals surface area contributed by atoms with Crippen molar-refractivity contribution in [3.8, 4) is 0 Å². The van der Waals surface area contributed by atoms with Crippen LogP contribution in [0.25, 0.3) is 5.65 Å². The Morgan fingerprint density at radius 3 is 2.69 bits per heavy atom. The minimum atomic E-state index is -0.0479. The largest absolute Gasteiger partial charge is 0.239 e. The van der Waals surface area contributed by atoms with Crippen molar-refractivity contribution in [2.75, 3.05) is 0 Å². The maximum atomic E-state index is 4.31. The molecule has 68 valence electrons. The fraction of sp³-hybridized carbons (Fsp3) is 0.500. The molecular formula is C8H11N5. The van der Waals surface area contributed by atoms with E-state index in [0.29, 0.717) is 5.65 Å². The van der Waals surface area contributed by atoms with Crippen molar-refractivity contribution in [2.24, 2.45) is 0 Å². The van der Waals surface area contributed by atoms with E-state index in [4.69, 9.17) is 0 Å². The molecule has 0 N–H and O–H groups in total. The van der Waals surface area contributed by atoms with Gasteiger partial charge in [-0.1, -0.05) is 20.8 Å². The van der Waals surface area contributed by atoms with Crippen LogP contribution in [-0.2, 0) is 5.41 Å². The van der Waals surface area contributed by atoms with Crippen LogP contribution in [0.15, 0.2) is 12.5 Å². The molecule has 0 unspecified atom stereocenters. The van der Waals surface area contributed by atoms with Gasteiger partial charge in [0.05, 0.1) is 6.20 Å². The topological polar surface area (TPSA) is 56.0 Å². The maximum absolute atomic E-state index is 4.31. The van der Waals surface area contributed by atoms with E-state index in [9.17, 15) is 0 Å². The summed E-state index contributed by atoms with van der Waals surface area (Å²) in [6.45, 7) is 6.19. The quantitative estimate of drug-likeness (QED) is 0.597. The van der Waals surface area contributed by atoms with Crippen LogP contribution in [0.3, 0.4) is 0 Å². The number of hydrogen-bond acceptors (Lipinski definition) is 4. The molecule has 0 aliphatic heterocycles. The molecule has 2 aromatic rings. The average Bonchev–Trinajstić information content (AvgIpc) is 2.45. The summed E-state index contributed by atoms with van der Waals surface area (Å²) in [7, 11) is 0. The Morgan fingerprint density at radius 2 is 2.08 bits per heavy atom. The Bertz CT molecular complexity index is 392. The van der Waals surface area contributed by atoms with E-state index in [1.54, 1.807) is 6.20 Å². The van der Waals surface area contributed by atoms with Gasteiger partial charge in [0.15, 0.2) is 11.5 Å². The minimum Gasteiger partial charge on any atom is -0.239 e. The van der Waals surface area contributed by atoms with Crippen LogP contribution in [0.1, 0.15) is 26.6 Å². The molecule has 2 heterocycles. The van der Waals surface area contributed by atoms with Gasteiger partial charge < -0.3 is 0 Å². The predicted octanol–water partition coefficient (Wildman–Crippen LogP) is 0.817. The van der Waals surface area contributed by atoms with Crippen molar-refractivity contribution >= 4 is 5.65 Å². The van der Waals surface area contributed by atoms with Crippen LogP contribution in [0, 0.1) is 0 Å². The molecule has 2 aromatic heterocycles. The first kappa shape index (κ1) is 8.10. The molecular weight excluding hydrogens is 166 g/mol. The first-order valence-corrected chi connectivity index (χ1v) is 4.11. The number of rotatable bonds is 0. The highest BCUT2D eigenvalue weighted by Gasteiger charge is 2.19. The summed E-state index contributed by atoms with van der Waals surface area (Å²) in [5, 5.41) is 8.19. The lowest BCUT2D eigenvalue weighted by molar-refractivity contribution is 0.540. The summed E-state index contributed by atoms with van der Waals surface area (Å²) < 4.78 is 1.49. The highest BCUT2D eigenvalue weighted by Crippen LogP contribution is 2.17. The Morgan fingerprint density at radius 1 is 1.31 bits per heavy atom. The molecule has 2 rings (SSSR count). The summed E-state index contributed by atoms with van der Waals surface area (Å²) in [5.41, 5.74) is 0.640. The summed E-state index contributed by atoms with van der Waals surface area (Å²) >= 11 is 0. The number of aromatic nitrogens is 5. The lowest BCUT2D eigenvalue weighted by Gasteiger charge is -2.11. The van der Waals surface area contributed by atoms with Crippen molar-refractivity contribution in [3.05, 3.63) is 18.3 Å². The highest BCUT2D eigenvalue weighted by molar-refractivity contribution is 5.32. The van der Waals surface area contributed by atoms with Gasteiger partial charge in [-0.3, -0.25) is 0 Å². The lowest BCUT2D eigenvalue weighted by atomic mass is 9.96. The molecule has 0 atom stereocenters. The third-order valence-corrected chi connectivity index (χ3v) is 1.70. The van der Waals surface area contributed by atoms with E-state index < -0.39 is 0 Å². The van der Waals surface area contributed by atoms with Crippen molar-refractivity contribution in [2.45, 2.75) is 26.2 Å². The smallest absolute Gasteiger partial charge is 0.194 e. The van der Waals surface area contributed by atoms with Crippen LogP contribution in [0.4, 0.5) is 0 Å². The highest BCUT2D eigenvalue weighted by atomic mass is 15.5. The van der Waals surface area contributed by atoms with E-state index in [2.05, 4.69) is 40.9 Å². The molecule has 5 nitrogen and oxygen atoms in total. The fourth-order valence-electron chi connectivity index (χ4n) is 0.978. The summed E-state index contributed by atoms with van der Waals surface area (Å²) in [6.07, 6.45) is 3.10. The molecule has 0 aromatic carbocycles. The van der Waals surface area contributed by atoms with Crippen molar-refractivity contribution in [3.63, 3.8) is 0 Å². The normalized spacial score (nSPS) is 12.2. The van der Waals surface area contributed by atoms with Crippen LogP contribution >= 0.6 is 0 Å². The van der Waals surface area contributed by atoms with E-state index in [1.165, 1.54) is 11.0 Å². The molecule has 0 aliphatic rings. The summed E-state index contributed by atoms with van der Waals surface area (Å²) in [5.74, 6) is 0.785. The van der Waals surface area contributed by atoms with Crippen LogP contribution in [0.5, 0.6) is 0 Å². The molecule has 0 fully saturated rings. The van der Waals surface area contributed by atoms with Gasteiger partial charge in [-0.05, 0) is 0 Å². The number of hydrogen-bond donors (Lipinski definition) is 0. The first-order valence-electron chi connectivity index (χ1n) is 4.11. The Balaban J connectivity index is 2.63. The average molecular weight is 177 g/mol. The standard InChI is InChI=1S/C8H11N5/c1-8(2,3)7-11-6-4-9-5-10-13(6)12-7/h4-5H,1-3H3. The molecule has 5 heteroatoms. The fourth-order valence-corrected chi connectivity index (χ4v) is 0.978. The van der Waals surface area contributed by atoms with Gasteiger partial charge in [0.25, 0.3) is 0 Å². The van der Waals surface area contributed by atoms with Crippen LogP contribution < -0.4 is 0 Å². The van der Waals surface area contributed by atoms with E-state index >= 15 is 0 Å². The second-order valence-electron chi connectivity index (χ2n) is 3.94. The van der Waals surface area contributed by atoms with Crippen molar-refractivity contribution in [1.82, 2.24) is 24.8 Å². The van der Waals surface area contributed by atoms with Gasteiger partial charge in [-0.25, -0.2) is 9.97 Å². The van der Waals surface area contributed by atoms with E-state index in [0.717, 1.165) is 5.82 Å². The zero-order valence-electron chi connectivity index (χ0n) is 7.89. The van der Waals surface area contributed by atoms with Crippen LogP contribution in [-0.4, -0.2) is 24.8 Å². The minimum absolute atomic E-state index is 0.0479. The van der Waals surface area contributed by atoms with Crippen molar-refractivity contribution in [1.29, 1.82) is 0 Å². The van der Waals surface area contributed by atoms with E-state index in [-0.39, 0.29) is 5.41 Å². The third-order valence-electron chi connectivity index (χ3n) is 1.70. The second-order valence-corrected chi connectivity index (χ2v) is 3.94. The monoisotopic (exact) mass is 177 g/mol. The molecule has 0 amide bonds. The molecule has 0 spiro atoms. The molecule has 0 radical (unpaired) electrons. The zero-order chi connectivity index (χ0) is 9.47. The third kappa shape index (κ3) is 1.37. The van der Waals surface area contributed by atoms with Crippen LogP contribution in [0.2, 0.25) is 0 Å². The van der Waals surface area contributed by atoms with Crippen molar-refractivity contribution < 1.29 is 0 Å². The zero-order valence-corrected chi connectivity index (χ0v) is 7.89. The molecule has 0 aliphatic carbocycles. The molecule has 0 saturated heterocycles. The summed E-state index contributed by atoms with van der Waals surface area (Å²) in [6, 6.07) is 0. The van der Waals surface area contributed by atoms with Gasteiger partial charge >= 0.3 is 0 Å². The number of fused-ring (bicyclic) bond motifs is 1. The van der Waals surface area contributed by atoms with Gasteiger partial charge in [-0.2, -0.15) is 0 Å². The lowest BCUT2D eigenvalue weighted by Crippen LogP contribution is -2.13. The Hall–Kier alpha value is -1.52. The summed E-state index contributed by atoms with van der Waals surface area (Å²) in [4.78, 5) is 8.18. The van der Waals surface area contributed by atoms with Gasteiger partial charge in [0.1, 0.15) is 6.33 Å². The Labute approximate surface area is 75.8 Å². The molecule has 0 saturated carbocycles. The number of nitrogens with zero attached hydrogens (tertiary/aromatic N) is 5. The van der Waals surface area contributed by atoms with Gasteiger partial charge in [0.2, 0.25) is 0 Å². The predicted molar refractivity (Wildman–Crippen MR) is 47.3 cm³/mol. The molecule has 13 heavy (non-hydrogen) atoms. The Kier molecular flexibility index (Phi) is 1.55. The second kappa shape index (κ2) is 2.48. The first-order chi connectivity index (χ1) is 6.07. The molecule has 0 bridgehead atoms. The van der Waals surface area contributed by atoms with Gasteiger partial charge in [0, 0.05) is 5.41 Å². The van der Waals surface area contributed by atoms with Gasteiger partial charge in [-0.15, -0.1) is 14.8 Å². The van der Waals surface area contributed by atoms with E-state index in [1.807, 2.05) is 0 Å².